The van der Waals surface area contributed by atoms with Gasteiger partial charge in [0, 0.05) is 0 Å². The van der Waals surface area contributed by atoms with Gasteiger partial charge in [-0.3, -0.25) is 9.69 Å². The lowest BCUT2D eigenvalue weighted by Gasteiger charge is -2.33. The van der Waals surface area contributed by atoms with Gasteiger partial charge in [-0.25, -0.2) is 9.79 Å². The van der Waals surface area contributed by atoms with E-state index in [2.05, 4.69) is 11.6 Å². The summed E-state index contributed by atoms with van der Waals surface area (Å²) in [5.74, 6) is 0.130. The lowest BCUT2D eigenvalue weighted by molar-refractivity contribution is -0.139. The van der Waals surface area contributed by atoms with Gasteiger partial charge in [-0.2, -0.15) is 0 Å². The van der Waals surface area contributed by atoms with Gasteiger partial charge in [-0.05, 0) is 31.5 Å². The molecule has 2 aliphatic heterocycles. The van der Waals surface area contributed by atoms with Crippen LogP contribution in [0, 0.1) is 0 Å². The third kappa shape index (κ3) is 3.14. The molecule has 1 aromatic carbocycles. The Bertz CT molecular complexity index is 813. The Balaban J connectivity index is 2.09. The first-order chi connectivity index (χ1) is 12.5. The molecule has 6 nitrogen and oxygen atoms in total. The Morgan fingerprint density at radius 2 is 2.08 bits per heavy atom. The molecule has 1 fully saturated rings. The molecule has 26 heavy (non-hydrogen) atoms. The van der Waals surface area contributed by atoms with E-state index >= 15 is 0 Å². The number of amidine groups is 1. The van der Waals surface area contributed by atoms with E-state index in [1.54, 1.807) is 31.1 Å². The maximum Gasteiger partial charge on any atom is 0.338 e. The molecule has 3 rings (SSSR count). The number of hydrogen-bond donors (Lipinski definition) is 0. The molecule has 0 radical (unpaired) electrons. The Hall–Kier alpha value is -2.54. The van der Waals surface area contributed by atoms with Gasteiger partial charge in [0.1, 0.15) is 12.4 Å². The van der Waals surface area contributed by atoms with E-state index in [9.17, 15) is 9.59 Å². The zero-order valence-corrected chi connectivity index (χ0v) is 15.7. The number of fused-ring (bicyclic) bond motifs is 1. The smallest absolute Gasteiger partial charge is 0.338 e. The van der Waals surface area contributed by atoms with Crippen LogP contribution in [0.5, 0.6) is 5.75 Å². The SMILES string of the molecule is C=CCOC(=O)C1=C(C)N=C2SC(C)C(=O)N2C1c1ccc(OC)cc1. The van der Waals surface area contributed by atoms with E-state index < -0.39 is 12.0 Å². The number of nitrogens with zero attached hydrogens (tertiary/aromatic N) is 2. The molecule has 1 aromatic rings. The quantitative estimate of drug-likeness (QED) is 0.587. The molecule has 0 N–H and O–H groups in total. The minimum Gasteiger partial charge on any atom is -0.497 e. The zero-order chi connectivity index (χ0) is 18.8. The number of carbonyl (C=O) groups is 2. The van der Waals surface area contributed by atoms with Gasteiger partial charge in [-0.1, -0.05) is 36.5 Å². The third-order valence-electron chi connectivity index (χ3n) is 4.24. The van der Waals surface area contributed by atoms with Crippen molar-refractivity contribution in [3.63, 3.8) is 0 Å². The first-order valence-electron chi connectivity index (χ1n) is 8.19. The van der Waals surface area contributed by atoms with E-state index in [1.807, 2.05) is 19.1 Å². The number of thioether (sulfide) groups is 1. The minimum absolute atomic E-state index is 0.0731. The highest BCUT2D eigenvalue weighted by molar-refractivity contribution is 8.15. The Labute approximate surface area is 156 Å². The van der Waals surface area contributed by atoms with Crippen molar-refractivity contribution >= 4 is 28.8 Å². The lowest BCUT2D eigenvalue weighted by Crippen LogP contribution is -2.40. The van der Waals surface area contributed by atoms with E-state index in [1.165, 1.54) is 17.8 Å². The van der Waals surface area contributed by atoms with Crippen molar-refractivity contribution in [3.8, 4) is 5.75 Å². The topological polar surface area (TPSA) is 68.2 Å². The van der Waals surface area contributed by atoms with Crippen molar-refractivity contribution < 1.29 is 19.1 Å². The number of ether oxygens (including phenoxy) is 2. The monoisotopic (exact) mass is 372 g/mol. The van der Waals surface area contributed by atoms with Gasteiger partial charge < -0.3 is 9.47 Å². The van der Waals surface area contributed by atoms with E-state index in [0.717, 1.165) is 5.56 Å². The van der Waals surface area contributed by atoms with Gasteiger partial charge in [0.25, 0.3) is 0 Å². The number of methoxy groups -OCH3 is 1. The van der Waals surface area contributed by atoms with E-state index in [-0.39, 0.29) is 17.8 Å². The molecule has 2 unspecified atom stereocenters. The normalized spacial score (nSPS) is 22.0. The molecule has 1 saturated heterocycles. The number of benzene rings is 1. The van der Waals surface area contributed by atoms with Crippen LogP contribution in [-0.4, -0.2) is 40.9 Å². The molecule has 0 aliphatic carbocycles. The summed E-state index contributed by atoms with van der Waals surface area (Å²) in [6, 6.07) is 6.73. The van der Waals surface area contributed by atoms with Crippen molar-refractivity contribution in [1.29, 1.82) is 0 Å². The summed E-state index contributed by atoms with van der Waals surface area (Å²) < 4.78 is 10.5. The molecular weight excluding hydrogens is 352 g/mol. The molecule has 0 saturated carbocycles. The first kappa shape index (κ1) is 18.3. The highest BCUT2D eigenvalue weighted by atomic mass is 32.2. The maximum absolute atomic E-state index is 12.7. The predicted molar refractivity (Wildman–Crippen MR) is 101 cm³/mol. The fraction of sp³-hybridized carbons (Fsp3) is 0.316. The Morgan fingerprint density at radius 3 is 2.69 bits per heavy atom. The second-order valence-electron chi connectivity index (χ2n) is 5.92. The Morgan fingerprint density at radius 1 is 1.38 bits per heavy atom. The second-order valence-corrected chi connectivity index (χ2v) is 7.23. The molecule has 1 amide bonds. The van der Waals surface area contributed by atoms with Crippen molar-refractivity contribution in [2.24, 2.45) is 4.99 Å². The van der Waals surface area contributed by atoms with Crippen LogP contribution in [0.15, 0.2) is 53.2 Å². The number of carbonyl (C=O) groups excluding carboxylic acids is 2. The second kappa shape index (κ2) is 7.37. The molecule has 0 aromatic heterocycles. The van der Waals surface area contributed by atoms with Crippen molar-refractivity contribution in [2.75, 3.05) is 13.7 Å². The minimum atomic E-state index is -0.573. The fourth-order valence-electron chi connectivity index (χ4n) is 2.98. The number of aliphatic imine (C=N–C) groups is 1. The van der Waals surface area contributed by atoms with Crippen molar-refractivity contribution in [3.05, 3.63) is 53.8 Å². The molecule has 0 spiro atoms. The van der Waals surface area contributed by atoms with E-state index in [0.29, 0.717) is 22.2 Å². The third-order valence-corrected chi connectivity index (χ3v) is 5.30. The van der Waals surface area contributed by atoms with Crippen LogP contribution in [0.1, 0.15) is 25.5 Å². The summed E-state index contributed by atoms with van der Waals surface area (Å²) in [5.41, 5.74) is 1.72. The van der Waals surface area contributed by atoms with Gasteiger partial charge in [0.2, 0.25) is 5.91 Å². The fourth-order valence-corrected chi connectivity index (χ4v) is 4.01. The highest BCUT2D eigenvalue weighted by Gasteiger charge is 2.46. The summed E-state index contributed by atoms with van der Waals surface area (Å²) in [5, 5.41) is 0.368. The Kier molecular flexibility index (Phi) is 5.18. The van der Waals surface area contributed by atoms with Gasteiger partial charge in [-0.15, -0.1) is 0 Å². The standard InChI is InChI=1S/C19H20N2O4S/c1-5-10-25-18(23)15-11(2)20-19-21(17(22)12(3)26-19)16(15)13-6-8-14(24-4)9-7-13/h5-9,12,16H,1,10H2,2-4H3. The molecule has 2 heterocycles. The average Bonchev–Trinajstić information content (AvgIpc) is 2.92. The van der Waals surface area contributed by atoms with Crippen LogP contribution in [0.3, 0.4) is 0 Å². The summed E-state index contributed by atoms with van der Waals surface area (Å²) in [4.78, 5) is 31.5. The first-order valence-corrected chi connectivity index (χ1v) is 9.07. The molecule has 136 valence electrons. The van der Waals surface area contributed by atoms with Crippen LogP contribution in [0.25, 0.3) is 0 Å². The maximum atomic E-state index is 12.7. The molecule has 7 heteroatoms. The molecular formula is C19H20N2O4S. The summed E-state index contributed by atoms with van der Waals surface area (Å²) in [7, 11) is 1.59. The highest BCUT2D eigenvalue weighted by Crippen LogP contribution is 2.43. The van der Waals surface area contributed by atoms with Gasteiger partial charge in [0.15, 0.2) is 5.17 Å². The summed E-state index contributed by atoms with van der Waals surface area (Å²) >= 11 is 1.40. The van der Waals surface area contributed by atoms with Crippen LogP contribution >= 0.6 is 11.8 Å². The van der Waals surface area contributed by atoms with Gasteiger partial charge >= 0.3 is 5.97 Å². The van der Waals surface area contributed by atoms with Crippen LogP contribution < -0.4 is 4.74 Å². The average molecular weight is 372 g/mol. The zero-order valence-electron chi connectivity index (χ0n) is 14.9. The number of amides is 1. The predicted octanol–water partition coefficient (Wildman–Crippen LogP) is 3.07. The van der Waals surface area contributed by atoms with Crippen LogP contribution in [-0.2, 0) is 14.3 Å². The largest absolute Gasteiger partial charge is 0.497 e. The summed E-state index contributed by atoms with van der Waals surface area (Å²) in [6.45, 7) is 7.26. The number of esters is 1. The number of hydrogen-bond acceptors (Lipinski definition) is 6. The van der Waals surface area contributed by atoms with Crippen molar-refractivity contribution in [1.82, 2.24) is 4.90 Å². The molecule has 2 aliphatic rings. The van der Waals surface area contributed by atoms with Crippen LogP contribution in [0.4, 0.5) is 0 Å². The van der Waals surface area contributed by atoms with Crippen molar-refractivity contribution in [2.45, 2.75) is 25.1 Å². The number of allylic oxidation sites excluding steroid dienone is 1. The van der Waals surface area contributed by atoms with E-state index in [4.69, 9.17) is 9.47 Å². The lowest BCUT2D eigenvalue weighted by atomic mass is 9.94. The number of rotatable bonds is 5. The van der Waals surface area contributed by atoms with Crippen LogP contribution in [0.2, 0.25) is 0 Å². The molecule has 0 bridgehead atoms. The molecule has 2 atom stereocenters. The van der Waals surface area contributed by atoms with Gasteiger partial charge in [0.05, 0.1) is 29.7 Å². The summed E-state index contributed by atoms with van der Waals surface area (Å²) in [6.07, 6.45) is 1.51.